The minimum absolute atomic E-state index is 0.0799. The molecule has 0 bridgehead atoms. The standard InChI is InChI=1S/C18H28N4O5S/c1-13-5-6-15(22(24)25)11-16(13)28(26,27)19-12-14-7-9-21(10-8-14)17(23)20-18(2,3)4/h5-6,11,14,19H,7-10,12H2,1-4H3,(H,20,23). The molecule has 1 aliphatic heterocycles. The van der Waals surface area contributed by atoms with Crippen LogP contribution in [0.5, 0.6) is 0 Å². The fourth-order valence-corrected chi connectivity index (χ4v) is 4.42. The average molecular weight is 413 g/mol. The molecule has 28 heavy (non-hydrogen) atoms. The van der Waals surface area contributed by atoms with Crippen molar-refractivity contribution in [1.29, 1.82) is 0 Å². The molecule has 10 heteroatoms. The number of sulfonamides is 1. The van der Waals surface area contributed by atoms with Crippen LogP contribution in [0, 0.1) is 23.0 Å². The number of hydrogen-bond acceptors (Lipinski definition) is 5. The van der Waals surface area contributed by atoms with Crippen molar-refractivity contribution < 1.29 is 18.1 Å². The van der Waals surface area contributed by atoms with Gasteiger partial charge >= 0.3 is 6.03 Å². The summed E-state index contributed by atoms with van der Waals surface area (Å²) in [5, 5.41) is 13.8. The maximum absolute atomic E-state index is 12.6. The van der Waals surface area contributed by atoms with Crippen LogP contribution < -0.4 is 10.0 Å². The fraction of sp³-hybridized carbons (Fsp3) is 0.611. The molecule has 1 heterocycles. The molecule has 9 nitrogen and oxygen atoms in total. The first-order chi connectivity index (χ1) is 12.9. The number of non-ortho nitro benzene ring substituents is 1. The molecule has 0 aliphatic carbocycles. The molecule has 0 unspecified atom stereocenters. The summed E-state index contributed by atoms with van der Waals surface area (Å²) in [5.41, 5.74) is -0.115. The fourth-order valence-electron chi connectivity index (χ4n) is 3.04. The van der Waals surface area contributed by atoms with Gasteiger partial charge in [0.05, 0.1) is 9.82 Å². The van der Waals surface area contributed by atoms with E-state index in [4.69, 9.17) is 0 Å². The Balaban J connectivity index is 1.94. The van der Waals surface area contributed by atoms with Crippen LogP contribution in [0.2, 0.25) is 0 Å². The van der Waals surface area contributed by atoms with Gasteiger partial charge in [-0.25, -0.2) is 17.9 Å². The molecule has 2 amide bonds. The van der Waals surface area contributed by atoms with Gasteiger partial charge in [0.25, 0.3) is 5.69 Å². The molecule has 156 valence electrons. The summed E-state index contributed by atoms with van der Waals surface area (Å²) in [7, 11) is -3.85. The third-order valence-corrected chi connectivity index (χ3v) is 6.18. The van der Waals surface area contributed by atoms with Crippen LogP contribution in [-0.4, -0.2) is 49.4 Å². The summed E-state index contributed by atoms with van der Waals surface area (Å²) in [5.74, 6) is 0.104. The minimum Gasteiger partial charge on any atom is -0.333 e. The molecule has 0 radical (unpaired) electrons. The van der Waals surface area contributed by atoms with Crippen LogP contribution in [0.3, 0.4) is 0 Å². The van der Waals surface area contributed by atoms with E-state index in [9.17, 15) is 23.3 Å². The van der Waals surface area contributed by atoms with Crippen molar-refractivity contribution in [3.63, 3.8) is 0 Å². The highest BCUT2D eigenvalue weighted by atomic mass is 32.2. The Kier molecular flexibility index (Phi) is 6.66. The third kappa shape index (κ3) is 5.90. The van der Waals surface area contributed by atoms with E-state index in [1.54, 1.807) is 11.8 Å². The Morgan fingerprint density at radius 1 is 1.29 bits per heavy atom. The lowest BCUT2D eigenvalue weighted by molar-refractivity contribution is -0.385. The SMILES string of the molecule is Cc1ccc([N+](=O)[O-])cc1S(=O)(=O)NCC1CCN(C(=O)NC(C)(C)C)CC1. The second-order valence-corrected chi connectivity index (χ2v) is 9.90. The van der Waals surface area contributed by atoms with Crippen LogP contribution in [0.1, 0.15) is 39.2 Å². The first-order valence-electron chi connectivity index (χ1n) is 9.21. The maximum atomic E-state index is 12.6. The number of urea groups is 1. The average Bonchev–Trinajstić information content (AvgIpc) is 2.59. The number of carbonyl (C=O) groups excluding carboxylic acids is 1. The number of aryl methyl sites for hydroxylation is 1. The predicted molar refractivity (Wildman–Crippen MR) is 106 cm³/mol. The Bertz CT molecular complexity index is 840. The zero-order valence-corrected chi connectivity index (χ0v) is 17.5. The van der Waals surface area contributed by atoms with E-state index in [0.29, 0.717) is 31.5 Å². The van der Waals surface area contributed by atoms with Gasteiger partial charge in [-0.1, -0.05) is 6.07 Å². The predicted octanol–water partition coefficient (Wildman–Crippen LogP) is 2.40. The third-order valence-electron chi connectivity index (χ3n) is 4.62. The van der Waals surface area contributed by atoms with Crippen molar-refractivity contribution in [2.75, 3.05) is 19.6 Å². The highest BCUT2D eigenvalue weighted by Gasteiger charge is 2.27. The van der Waals surface area contributed by atoms with Crippen molar-refractivity contribution >= 4 is 21.7 Å². The number of carbonyl (C=O) groups is 1. The summed E-state index contributed by atoms with van der Waals surface area (Å²) in [6.45, 7) is 8.71. The molecular weight excluding hydrogens is 384 g/mol. The van der Waals surface area contributed by atoms with E-state index in [2.05, 4.69) is 10.0 Å². The van der Waals surface area contributed by atoms with Gasteiger partial charge < -0.3 is 10.2 Å². The van der Waals surface area contributed by atoms with Crippen molar-refractivity contribution in [2.45, 2.75) is 51.0 Å². The topological polar surface area (TPSA) is 122 Å². The number of nitro benzene ring substituents is 1. The smallest absolute Gasteiger partial charge is 0.317 e. The van der Waals surface area contributed by atoms with Crippen LogP contribution in [-0.2, 0) is 10.0 Å². The van der Waals surface area contributed by atoms with Gasteiger partial charge in [0.1, 0.15) is 0 Å². The number of nitrogens with one attached hydrogen (secondary N) is 2. The summed E-state index contributed by atoms with van der Waals surface area (Å²) < 4.78 is 27.7. The molecule has 0 saturated carbocycles. The number of amides is 2. The van der Waals surface area contributed by atoms with E-state index in [0.717, 1.165) is 6.07 Å². The molecule has 1 aromatic carbocycles. The van der Waals surface area contributed by atoms with Crippen molar-refractivity contribution in [3.8, 4) is 0 Å². The Morgan fingerprint density at radius 3 is 2.43 bits per heavy atom. The number of piperidine rings is 1. The van der Waals surface area contributed by atoms with E-state index in [1.807, 2.05) is 20.8 Å². The first kappa shape index (κ1) is 22.1. The van der Waals surface area contributed by atoms with Gasteiger partial charge in [-0.15, -0.1) is 0 Å². The first-order valence-corrected chi connectivity index (χ1v) is 10.7. The number of rotatable bonds is 5. The number of likely N-dealkylation sites (tertiary alicyclic amines) is 1. The molecular formula is C18H28N4O5S. The van der Waals surface area contributed by atoms with Crippen molar-refractivity contribution in [3.05, 3.63) is 33.9 Å². The zero-order chi connectivity index (χ0) is 21.1. The highest BCUT2D eigenvalue weighted by molar-refractivity contribution is 7.89. The largest absolute Gasteiger partial charge is 0.333 e. The van der Waals surface area contributed by atoms with Crippen LogP contribution in [0.4, 0.5) is 10.5 Å². The van der Waals surface area contributed by atoms with Crippen molar-refractivity contribution in [1.82, 2.24) is 14.9 Å². The molecule has 2 rings (SSSR count). The molecule has 1 aliphatic rings. The lowest BCUT2D eigenvalue weighted by Gasteiger charge is -2.34. The van der Waals surface area contributed by atoms with Crippen LogP contribution in [0.15, 0.2) is 23.1 Å². The van der Waals surface area contributed by atoms with Gasteiger partial charge in [-0.05, 0) is 52.0 Å². The molecule has 2 N–H and O–H groups in total. The lowest BCUT2D eigenvalue weighted by atomic mass is 9.97. The van der Waals surface area contributed by atoms with E-state index < -0.39 is 14.9 Å². The second-order valence-electron chi connectivity index (χ2n) is 8.17. The number of benzene rings is 1. The lowest BCUT2D eigenvalue weighted by Crippen LogP contribution is -2.51. The number of hydrogen-bond donors (Lipinski definition) is 2. The Labute approximate surface area is 165 Å². The molecule has 1 saturated heterocycles. The Morgan fingerprint density at radius 2 is 1.89 bits per heavy atom. The summed E-state index contributed by atoms with van der Waals surface area (Å²) in [4.78, 5) is 24.2. The molecule has 0 aromatic heterocycles. The summed E-state index contributed by atoms with van der Waals surface area (Å²) in [6, 6.07) is 3.68. The molecule has 0 spiro atoms. The normalized spacial score (nSPS) is 16.1. The molecule has 0 atom stereocenters. The van der Waals surface area contributed by atoms with E-state index >= 15 is 0 Å². The van der Waals surface area contributed by atoms with Gasteiger partial charge in [0.2, 0.25) is 10.0 Å². The minimum atomic E-state index is -3.85. The van der Waals surface area contributed by atoms with E-state index in [1.165, 1.54) is 12.1 Å². The Hall–Kier alpha value is -2.20. The second kappa shape index (κ2) is 8.44. The molecule has 1 aromatic rings. The van der Waals surface area contributed by atoms with Crippen LogP contribution in [0.25, 0.3) is 0 Å². The van der Waals surface area contributed by atoms with Gasteiger partial charge in [0, 0.05) is 37.3 Å². The van der Waals surface area contributed by atoms with E-state index in [-0.39, 0.29) is 34.6 Å². The van der Waals surface area contributed by atoms with Gasteiger partial charge in [-0.2, -0.15) is 0 Å². The number of nitrogens with zero attached hydrogens (tertiary/aromatic N) is 2. The highest BCUT2D eigenvalue weighted by Crippen LogP contribution is 2.23. The summed E-state index contributed by atoms with van der Waals surface area (Å²) in [6.07, 6.45) is 1.38. The quantitative estimate of drug-likeness (QED) is 0.568. The maximum Gasteiger partial charge on any atom is 0.317 e. The van der Waals surface area contributed by atoms with Crippen molar-refractivity contribution in [2.24, 2.45) is 5.92 Å². The van der Waals surface area contributed by atoms with Gasteiger partial charge in [0.15, 0.2) is 0 Å². The summed E-state index contributed by atoms with van der Waals surface area (Å²) >= 11 is 0. The van der Waals surface area contributed by atoms with Gasteiger partial charge in [-0.3, -0.25) is 10.1 Å². The monoisotopic (exact) mass is 412 g/mol. The molecule has 1 fully saturated rings. The van der Waals surface area contributed by atoms with Crippen LogP contribution >= 0.6 is 0 Å². The zero-order valence-electron chi connectivity index (χ0n) is 16.7. The number of nitro groups is 1.